The molecule has 7 nitrogen and oxygen atoms in total. The Morgan fingerprint density at radius 1 is 0.583 bits per heavy atom. The van der Waals surface area contributed by atoms with Crippen LogP contribution in [0.2, 0.25) is 0 Å². The van der Waals surface area contributed by atoms with Crippen LogP contribution in [0.1, 0.15) is 136 Å². The van der Waals surface area contributed by atoms with E-state index >= 15 is 0 Å². The first-order valence-electron chi connectivity index (χ1n) is 14.7. The van der Waals surface area contributed by atoms with Crippen LogP contribution in [0.15, 0.2) is 0 Å². The van der Waals surface area contributed by atoms with E-state index in [0.29, 0.717) is 19.6 Å². The number of carboxylic acids is 1. The van der Waals surface area contributed by atoms with Crippen molar-refractivity contribution in [1.29, 1.82) is 0 Å². The van der Waals surface area contributed by atoms with Gasteiger partial charge in [-0.2, -0.15) is 0 Å². The Kier molecular flexibility index (Phi) is 25.2. The number of esters is 2. The lowest BCUT2D eigenvalue weighted by Crippen LogP contribution is -2.30. The molecular formula is C29H55NO6. The predicted molar refractivity (Wildman–Crippen MR) is 145 cm³/mol. The minimum absolute atomic E-state index is 0.0550. The average Bonchev–Trinajstić information content (AvgIpc) is 2.83. The zero-order valence-corrected chi connectivity index (χ0v) is 23.4. The van der Waals surface area contributed by atoms with Crippen LogP contribution in [0, 0.1) is 0 Å². The van der Waals surface area contributed by atoms with E-state index in [1.807, 2.05) is 0 Å². The van der Waals surface area contributed by atoms with Crippen molar-refractivity contribution in [2.24, 2.45) is 0 Å². The van der Waals surface area contributed by atoms with Crippen LogP contribution < -0.4 is 0 Å². The molecule has 0 aromatic rings. The minimum atomic E-state index is -0.717. The van der Waals surface area contributed by atoms with Gasteiger partial charge in [0.2, 0.25) is 0 Å². The van der Waals surface area contributed by atoms with Gasteiger partial charge in [0.15, 0.2) is 0 Å². The second kappa shape index (κ2) is 26.4. The molecule has 0 radical (unpaired) electrons. The van der Waals surface area contributed by atoms with Gasteiger partial charge in [-0.1, -0.05) is 84.0 Å². The number of hydrogen-bond acceptors (Lipinski definition) is 6. The molecule has 0 unspecified atom stereocenters. The standard InChI is InChI=1S/C29H55NO6/c1-3-4-5-6-7-14-19-25-36-29(34)21-16-11-9-13-18-23-30(24-26-35-27(2)31)22-17-12-8-10-15-20-28(32)33/h3-26H2,1-2H3,(H,32,33). The molecular weight excluding hydrogens is 458 g/mol. The number of aliphatic carboxylic acids is 1. The molecule has 0 aromatic carbocycles. The molecule has 212 valence electrons. The molecule has 0 aromatic heterocycles. The molecule has 36 heavy (non-hydrogen) atoms. The maximum absolute atomic E-state index is 11.9. The van der Waals surface area contributed by atoms with Crippen molar-refractivity contribution in [1.82, 2.24) is 4.90 Å². The van der Waals surface area contributed by atoms with Crippen LogP contribution in [0.5, 0.6) is 0 Å². The Morgan fingerprint density at radius 3 is 1.64 bits per heavy atom. The largest absolute Gasteiger partial charge is 0.481 e. The average molecular weight is 514 g/mol. The second-order valence-electron chi connectivity index (χ2n) is 9.95. The maximum Gasteiger partial charge on any atom is 0.305 e. The molecule has 0 saturated carbocycles. The number of unbranched alkanes of at least 4 members (excludes halogenated alkanes) is 14. The molecule has 7 heteroatoms. The van der Waals surface area contributed by atoms with E-state index in [9.17, 15) is 14.4 Å². The zero-order valence-electron chi connectivity index (χ0n) is 23.4. The van der Waals surface area contributed by atoms with Crippen molar-refractivity contribution in [3.63, 3.8) is 0 Å². The van der Waals surface area contributed by atoms with Crippen molar-refractivity contribution >= 4 is 17.9 Å². The lowest BCUT2D eigenvalue weighted by Gasteiger charge is -2.22. The summed E-state index contributed by atoms with van der Waals surface area (Å²) in [5.41, 5.74) is 0. The normalized spacial score (nSPS) is 11.1. The van der Waals surface area contributed by atoms with Gasteiger partial charge in [0.1, 0.15) is 6.61 Å². The number of hydrogen-bond donors (Lipinski definition) is 1. The van der Waals surface area contributed by atoms with Crippen molar-refractivity contribution in [2.45, 2.75) is 136 Å². The monoisotopic (exact) mass is 513 g/mol. The summed E-state index contributed by atoms with van der Waals surface area (Å²) in [6.45, 7) is 7.37. The Hall–Kier alpha value is -1.63. The van der Waals surface area contributed by atoms with Gasteiger partial charge >= 0.3 is 17.9 Å². The van der Waals surface area contributed by atoms with Crippen LogP contribution in [0.25, 0.3) is 0 Å². The lowest BCUT2D eigenvalue weighted by atomic mass is 10.1. The van der Waals surface area contributed by atoms with Crippen molar-refractivity contribution in [3.05, 3.63) is 0 Å². The Morgan fingerprint density at radius 2 is 1.08 bits per heavy atom. The Bertz CT molecular complexity index is 540. The number of carboxylic acid groups (broad SMARTS) is 1. The van der Waals surface area contributed by atoms with Gasteiger partial charge in [0.05, 0.1) is 6.61 Å². The molecule has 0 aliphatic heterocycles. The molecule has 0 aliphatic carbocycles. The van der Waals surface area contributed by atoms with Crippen molar-refractivity contribution in [2.75, 3.05) is 32.8 Å². The highest BCUT2D eigenvalue weighted by Crippen LogP contribution is 2.11. The molecule has 0 atom stereocenters. The first kappa shape index (κ1) is 34.4. The SMILES string of the molecule is CCCCCCCCCOC(=O)CCCCCCCN(CCCCCCCC(=O)O)CCOC(C)=O. The van der Waals surface area contributed by atoms with E-state index < -0.39 is 5.97 Å². The molecule has 1 N–H and O–H groups in total. The fraction of sp³-hybridized carbons (Fsp3) is 0.897. The maximum atomic E-state index is 11.9. The summed E-state index contributed by atoms with van der Waals surface area (Å²) in [6, 6.07) is 0. The summed E-state index contributed by atoms with van der Waals surface area (Å²) in [5.74, 6) is -1.01. The molecule has 0 saturated heterocycles. The summed E-state index contributed by atoms with van der Waals surface area (Å²) < 4.78 is 10.5. The van der Waals surface area contributed by atoms with Crippen molar-refractivity contribution in [3.8, 4) is 0 Å². The highest BCUT2D eigenvalue weighted by molar-refractivity contribution is 5.69. The number of carbonyl (C=O) groups excluding carboxylic acids is 2. The third kappa shape index (κ3) is 27.0. The van der Waals surface area contributed by atoms with Gasteiger partial charge in [-0.3, -0.25) is 19.3 Å². The molecule has 0 heterocycles. The second-order valence-corrected chi connectivity index (χ2v) is 9.95. The van der Waals surface area contributed by atoms with E-state index in [-0.39, 0.29) is 18.4 Å². The molecule has 0 fully saturated rings. The predicted octanol–water partition coefficient (Wildman–Crippen LogP) is 6.91. The first-order chi connectivity index (χ1) is 17.5. The summed E-state index contributed by atoms with van der Waals surface area (Å²) >= 11 is 0. The quantitative estimate of drug-likeness (QED) is 0.0942. The van der Waals surface area contributed by atoms with Crippen LogP contribution in [0.4, 0.5) is 0 Å². The highest BCUT2D eigenvalue weighted by atomic mass is 16.5. The molecule has 0 amide bonds. The zero-order chi connectivity index (χ0) is 26.7. The smallest absolute Gasteiger partial charge is 0.305 e. The Balaban J connectivity index is 3.76. The molecule has 0 spiro atoms. The van der Waals surface area contributed by atoms with E-state index in [4.69, 9.17) is 14.6 Å². The lowest BCUT2D eigenvalue weighted by molar-refractivity contribution is -0.144. The van der Waals surface area contributed by atoms with E-state index in [1.54, 1.807) is 0 Å². The molecule has 0 bridgehead atoms. The van der Waals surface area contributed by atoms with E-state index in [1.165, 1.54) is 39.0 Å². The van der Waals surface area contributed by atoms with Gasteiger partial charge in [-0.25, -0.2) is 0 Å². The Labute approximate surface area is 220 Å². The summed E-state index contributed by atoms with van der Waals surface area (Å²) in [6.07, 6.45) is 19.6. The number of nitrogens with zero attached hydrogens (tertiary/aromatic N) is 1. The van der Waals surface area contributed by atoms with Crippen LogP contribution in [-0.2, 0) is 23.9 Å². The topological polar surface area (TPSA) is 93.1 Å². The fourth-order valence-electron chi connectivity index (χ4n) is 4.25. The molecule has 0 aliphatic rings. The minimum Gasteiger partial charge on any atom is -0.481 e. The third-order valence-electron chi connectivity index (χ3n) is 6.44. The van der Waals surface area contributed by atoms with Gasteiger partial charge in [0, 0.05) is 26.3 Å². The summed E-state index contributed by atoms with van der Waals surface area (Å²) in [7, 11) is 0. The third-order valence-corrected chi connectivity index (χ3v) is 6.44. The van der Waals surface area contributed by atoms with Gasteiger partial charge < -0.3 is 14.6 Å². The van der Waals surface area contributed by atoms with Gasteiger partial charge in [-0.05, 0) is 45.2 Å². The first-order valence-corrected chi connectivity index (χ1v) is 14.7. The van der Waals surface area contributed by atoms with E-state index in [0.717, 1.165) is 96.7 Å². The number of carbonyl (C=O) groups is 3. The van der Waals surface area contributed by atoms with Gasteiger partial charge in [0.25, 0.3) is 0 Å². The van der Waals surface area contributed by atoms with Crippen LogP contribution >= 0.6 is 0 Å². The number of ether oxygens (including phenoxy) is 2. The molecule has 0 rings (SSSR count). The fourth-order valence-corrected chi connectivity index (χ4v) is 4.25. The number of rotatable bonds is 27. The van der Waals surface area contributed by atoms with Gasteiger partial charge in [-0.15, -0.1) is 0 Å². The summed E-state index contributed by atoms with van der Waals surface area (Å²) in [4.78, 5) is 35.9. The van der Waals surface area contributed by atoms with Crippen LogP contribution in [0.3, 0.4) is 0 Å². The summed E-state index contributed by atoms with van der Waals surface area (Å²) in [5, 5.41) is 8.70. The van der Waals surface area contributed by atoms with E-state index in [2.05, 4.69) is 11.8 Å². The van der Waals surface area contributed by atoms with Crippen molar-refractivity contribution < 1.29 is 29.0 Å². The van der Waals surface area contributed by atoms with Crippen LogP contribution in [-0.4, -0.2) is 60.8 Å². The highest BCUT2D eigenvalue weighted by Gasteiger charge is 2.07.